The minimum absolute atomic E-state index is 0.119. The minimum Gasteiger partial charge on any atom is -0.422 e. The van der Waals surface area contributed by atoms with Crippen molar-refractivity contribution in [2.24, 2.45) is 0 Å². The summed E-state index contributed by atoms with van der Waals surface area (Å²) in [7, 11) is 0. The number of fused-ring (bicyclic) bond motifs is 3. The number of Topliss-reactive ketones (excluding diaryl/α,β-unsaturated/α-hetero) is 1. The van der Waals surface area contributed by atoms with Crippen LogP contribution in [-0.2, 0) is 4.79 Å². The Morgan fingerprint density at radius 3 is 2.57 bits per heavy atom. The number of hydrogen-bond acceptors (Lipinski definition) is 4. The van der Waals surface area contributed by atoms with E-state index in [2.05, 4.69) is 5.32 Å². The first-order valence-corrected chi connectivity index (χ1v) is 7.59. The molecule has 0 bridgehead atoms. The molecule has 0 saturated heterocycles. The van der Waals surface area contributed by atoms with Gasteiger partial charge in [-0.25, -0.2) is 4.79 Å². The van der Waals surface area contributed by atoms with Crippen LogP contribution in [0.3, 0.4) is 0 Å². The van der Waals surface area contributed by atoms with E-state index in [0.717, 1.165) is 16.5 Å². The molecule has 0 unspecified atom stereocenters. The van der Waals surface area contributed by atoms with Crippen molar-refractivity contribution < 1.29 is 9.21 Å². The Hall–Kier alpha value is -2.62. The molecule has 2 aromatic carbocycles. The average molecular weight is 309 g/mol. The summed E-state index contributed by atoms with van der Waals surface area (Å²) < 4.78 is 5.39. The van der Waals surface area contributed by atoms with E-state index in [4.69, 9.17) is 4.42 Å². The molecule has 0 aliphatic carbocycles. The molecular formula is C19H19NO3. The third kappa shape index (κ3) is 3.11. The Labute approximate surface area is 134 Å². The van der Waals surface area contributed by atoms with Crippen molar-refractivity contribution in [3.63, 3.8) is 0 Å². The maximum atomic E-state index is 12.2. The van der Waals surface area contributed by atoms with Crippen LogP contribution in [0.4, 0.5) is 5.69 Å². The zero-order valence-electron chi connectivity index (χ0n) is 13.5. The van der Waals surface area contributed by atoms with Crippen LogP contribution in [0.2, 0.25) is 0 Å². The number of carbonyl (C=O) groups excluding carboxylic acids is 1. The van der Waals surface area contributed by atoms with Gasteiger partial charge in [0.05, 0.1) is 5.39 Å². The molecule has 3 aromatic rings. The molecule has 118 valence electrons. The summed E-state index contributed by atoms with van der Waals surface area (Å²) in [5, 5.41) is 5.63. The van der Waals surface area contributed by atoms with E-state index in [1.807, 2.05) is 44.2 Å². The van der Waals surface area contributed by atoms with Crippen LogP contribution in [0.25, 0.3) is 21.7 Å². The molecule has 0 amide bonds. The summed E-state index contributed by atoms with van der Waals surface area (Å²) >= 11 is 0. The van der Waals surface area contributed by atoms with Gasteiger partial charge in [-0.15, -0.1) is 0 Å². The van der Waals surface area contributed by atoms with E-state index in [0.29, 0.717) is 17.4 Å². The van der Waals surface area contributed by atoms with E-state index in [-0.39, 0.29) is 16.9 Å². The highest BCUT2D eigenvalue weighted by atomic mass is 16.4. The van der Waals surface area contributed by atoms with Crippen LogP contribution in [-0.4, -0.2) is 11.3 Å². The predicted molar refractivity (Wildman–Crippen MR) is 93.0 cm³/mol. The minimum atomic E-state index is -0.378. The first-order valence-electron chi connectivity index (χ1n) is 7.59. The quantitative estimate of drug-likeness (QED) is 0.582. The largest absolute Gasteiger partial charge is 0.422 e. The summed E-state index contributed by atoms with van der Waals surface area (Å²) in [6.45, 7) is 5.49. The number of para-hydroxylation sites is 1. The molecule has 23 heavy (non-hydrogen) atoms. The SMILES string of the molecule is CC(=O)CC(C)(C)Nc1ccc2c(c1)c(=O)oc1ccccc12. The summed E-state index contributed by atoms with van der Waals surface area (Å²) in [5.74, 6) is 0.119. The van der Waals surface area contributed by atoms with Crippen molar-refractivity contribution >= 4 is 33.2 Å². The Bertz CT molecular complexity index is 954. The normalized spacial score (nSPS) is 11.8. The highest BCUT2D eigenvalue weighted by Gasteiger charge is 2.20. The van der Waals surface area contributed by atoms with E-state index in [9.17, 15) is 9.59 Å². The van der Waals surface area contributed by atoms with Crippen molar-refractivity contribution in [1.29, 1.82) is 0 Å². The summed E-state index contributed by atoms with van der Waals surface area (Å²) in [6.07, 6.45) is 0.414. The fourth-order valence-electron chi connectivity index (χ4n) is 3.02. The van der Waals surface area contributed by atoms with Gasteiger partial charge < -0.3 is 9.73 Å². The molecule has 0 aliphatic heterocycles. The Morgan fingerprint density at radius 1 is 1.09 bits per heavy atom. The third-order valence-corrected chi connectivity index (χ3v) is 3.79. The number of hydrogen-bond donors (Lipinski definition) is 1. The van der Waals surface area contributed by atoms with Crippen molar-refractivity contribution in [1.82, 2.24) is 0 Å². The molecule has 0 saturated carbocycles. The second-order valence-corrected chi connectivity index (χ2v) is 6.53. The predicted octanol–water partition coefficient (Wildman–Crippen LogP) is 4.12. The number of benzene rings is 2. The molecule has 1 heterocycles. The Kier molecular flexibility index (Phi) is 3.68. The lowest BCUT2D eigenvalue weighted by Gasteiger charge is -2.26. The third-order valence-electron chi connectivity index (χ3n) is 3.79. The van der Waals surface area contributed by atoms with E-state index >= 15 is 0 Å². The Balaban J connectivity index is 2.09. The molecular weight excluding hydrogens is 290 g/mol. The van der Waals surface area contributed by atoms with Gasteiger partial charge in [0, 0.05) is 28.4 Å². The topological polar surface area (TPSA) is 59.3 Å². The number of anilines is 1. The van der Waals surface area contributed by atoms with Gasteiger partial charge in [0.15, 0.2) is 0 Å². The Morgan fingerprint density at radius 2 is 1.83 bits per heavy atom. The highest BCUT2D eigenvalue weighted by Crippen LogP contribution is 2.26. The van der Waals surface area contributed by atoms with Gasteiger partial charge in [-0.3, -0.25) is 4.79 Å². The molecule has 0 atom stereocenters. The van der Waals surface area contributed by atoms with Crippen LogP contribution in [0.1, 0.15) is 27.2 Å². The van der Waals surface area contributed by atoms with Gasteiger partial charge in [0.25, 0.3) is 0 Å². The summed E-state index contributed by atoms with van der Waals surface area (Å²) in [4.78, 5) is 23.6. The maximum Gasteiger partial charge on any atom is 0.344 e. The van der Waals surface area contributed by atoms with Crippen molar-refractivity contribution in [3.05, 3.63) is 52.9 Å². The first-order chi connectivity index (χ1) is 10.9. The summed E-state index contributed by atoms with van der Waals surface area (Å²) in [6, 6.07) is 13.1. The van der Waals surface area contributed by atoms with Gasteiger partial charge in [0.1, 0.15) is 11.4 Å². The monoisotopic (exact) mass is 309 g/mol. The van der Waals surface area contributed by atoms with Gasteiger partial charge in [0.2, 0.25) is 0 Å². The average Bonchev–Trinajstić information content (AvgIpc) is 2.45. The second kappa shape index (κ2) is 5.54. The van der Waals surface area contributed by atoms with Gasteiger partial charge in [-0.1, -0.05) is 24.3 Å². The van der Waals surface area contributed by atoms with Crippen LogP contribution >= 0.6 is 0 Å². The van der Waals surface area contributed by atoms with Crippen LogP contribution in [0, 0.1) is 0 Å². The molecule has 4 heteroatoms. The molecule has 0 spiro atoms. The fourth-order valence-corrected chi connectivity index (χ4v) is 3.02. The summed E-state index contributed by atoms with van der Waals surface area (Å²) in [5.41, 5.74) is 0.650. The smallest absolute Gasteiger partial charge is 0.344 e. The highest BCUT2D eigenvalue weighted by molar-refractivity contribution is 6.05. The zero-order valence-corrected chi connectivity index (χ0v) is 13.5. The molecule has 0 radical (unpaired) electrons. The van der Waals surface area contributed by atoms with E-state index < -0.39 is 0 Å². The van der Waals surface area contributed by atoms with Crippen molar-refractivity contribution in [2.45, 2.75) is 32.7 Å². The lowest BCUT2D eigenvalue weighted by Crippen LogP contribution is -2.33. The van der Waals surface area contributed by atoms with Crippen molar-refractivity contribution in [2.75, 3.05) is 5.32 Å². The number of nitrogens with one attached hydrogen (secondary N) is 1. The van der Waals surface area contributed by atoms with E-state index in [1.165, 1.54) is 0 Å². The standard InChI is InChI=1S/C19H19NO3/c1-12(21)11-19(2,3)20-13-8-9-14-15-6-4-5-7-17(15)23-18(22)16(14)10-13/h4-10,20H,11H2,1-3H3. The number of carbonyl (C=O) groups is 1. The molecule has 1 N–H and O–H groups in total. The molecule has 0 fully saturated rings. The number of ketones is 1. The maximum absolute atomic E-state index is 12.2. The lowest BCUT2D eigenvalue weighted by atomic mass is 9.97. The molecule has 4 nitrogen and oxygen atoms in total. The van der Waals surface area contributed by atoms with Gasteiger partial charge >= 0.3 is 5.63 Å². The van der Waals surface area contributed by atoms with Gasteiger partial charge in [-0.2, -0.15) is 0 Å². The van der Waals surface area contributed by atoms with Crippen LogP contribution in [0.5, 0.6) is 0 Å². The molecule has 3 rings (SSSR count). The fraction of sp³-hybridized carbons (Fsp3) is 0.263. The second-order valence-electron chi connectivity index (χ2n) is 6.53. The van der Waals surface area contributed by atoms with Gasteiger partial charge in [-0.05, 0) is 39.0 Å². The van der Waals surface area contributed by atoms with Crippen LogP contribution < -0.4 is 10.9 Å². The number of rotatable bonds is 4. The molecule has 1 aromatic heterocycles. The molecule has 0 aliphatic rings. The van der Waals surface area contributed by atoms with Crippen LogP contribution in [0.15, 0.2) is 51.7 Å². The first kappa shape index (κ1) is 15.3. The van der Waals surface area contributed by atoms with Crippen molar-refractivity contribution in [3.8, 4) is 0 Å². The zero-order chi connectivity index (χ0) is 16.6. The lowest BCUT2D eigenvalue weighted by molar-refractivity contribution is -0.117. The van der Waals surface area contributed by atoms with E-state index in [1.54, 1.807) is 19.1 Å².